The van der Waals surface area contributed by atoms with Crippen molar-refractivity contribution in [3.05, 3.63) is 35.4 Å². The van der Waals surface area contributed by atoms with Gasteiger partial charge in [0.25, 0.3) is 30.4 Å². The Balaban J connectivity index is 2.94. The molecule has 1 aliphatic carbocycles. The third-order valence-corrected chi connectivity index (χ3v) is 5.86. The molecule has 1 atom stereocenters. The quantitative estimate of drug-likeness (QED) is 0.499. The molecule has 1 unspecified atom stereocenters. The zero-order valence-electron chi connectivity index (χ0n) is 10.6. The van der Waals surface area contributed by atoms with Crippen molar-refractivity contribution < 1.29 is 38.9 Å². The second-order valence-electron chi connectivity index (χ2n) is 4.51. The maximum absolute atomic E-state index is 11.4. The molecular formula is C10H10O9S3. The molecule has 0 aliphatic heterocycles. The maximum atomic E-state index is 11.4. The van der Waals surface area contributed by atoms with E-state index in [1.807, 2.05) is 0 Å². The van der Waals surface area contributed by atoms with Gasteiger partial charge in [-0.1, -0.05) is 12.2 Å². The third-order valence-electron chi connectivity index (χ3n) is 3.05. The molecule has 1 aromatic carbocycles. The number of hydrogen-bond acceptors (Lipinski definition) is 6. The molecule has 1 aliphatic rings. The lowest BCUT2D eigenvalue weighted by Crippen LogP contribution is -2.18. The number of allylic oxidation sites excluding steroid dienone is 1. The molecule has 9 nitrogen and oxygen atoms in total. The average Bonchev–Trinajstić information content (AvgIpc) is 2.33. The summed E-state index contributed by atoms with van der Waals surface area (Å²) >= 11 is 0. The van der Waals surface area contributed by atoms with Gasteiger partial charge in [0.05, 0.1) is 9.79 Å². The predicted octanol–water partition coefficient (Wildman–Crippen LogP) is 0.221. The molecule has 0 radical (unpaired) electrons. The van der Waals surface area contributed by atoms with Crippen molar-refractivity contribution in [3.63, 3.8) is 0 Å². The largest absolute Gasteiger partial charge is 0.294 e. The Morgan fingerprint density at radius 1 is 0.909 bits per heavy atom. The fourth-order valence-electron chi connectivity index (χ4n) is 2.16. The smallest absolute Gasteiger partial charge is 0.285 e. The molecule has 12 heteroatoms. The monoisotopic (exact) mass is 370 g/mol. The van der Waals surface area contributed by atoms with Crippen molar-refractivity contribution in [1.82, 2.24) is 0 Å². The van der Waals surface area contributed by atoms with Gasteiger partial charge in [-0.15, -0.1) is 0 Å². The Morgan fingerprint density at radius 3 is 1.95 bits per heavy atom. The van der Waals surface area contributed by atoms with E-state index in [1.54, 1.807) is 0 Å². The molecule has 0 saturated heterocycles. The molecule has 1 aromatic rings. The number of benzene rings is 1. The number of fused-ring (bicyclic) bond motifs is 1. The summed E-state index contributed by atoms with van der Waals surface area (Å²) < 4.78 is 95.3. The van der Waals surface area contributed by atoms with Crippen molar-refractivity contribution in [3.8, 4) is 0 Å². The maximum Gasteiger partial charge on any atom is 0.294 e. The predicted molar refractivity (Wildman–Crippen MR) is 73.2 cm³/mol. The van der Waals surface area contributed by atoms with Gasteiger partial charge in [-0.2, -0.15) is 25.3 Å². The van der Waals surface area contributed by atoms with Crippen LogP contribution in [0.25, 0.3) is 0 Å². The zero-order chi connectivity index (χ0) is 16.9. The normalized spacial score (nSPS) is 19.0. The Hall–Kier alpha value is -1.31. The van der Waals surface area contributed by atoms with Crippen LogP contribution in [0, 0.1) is 0 Å². The first-order valence-electron chi connectivity index (χ1n) is 5.56. The molecule has 0 amide bonds. The summed E-state index contributed by atoms with van der Waals surface area (Å²) in [4.78, 5) is -1.77. The van der Waals surface area contributed by atoms with Crippen LogP contribution < -0.4 is 0 Å². The molecule has 0 heterocycles. The molecule has 2 rings (SSSR count). The molecular weight excluding hydrogens is 360 g/mol. The Kier molecular flexibility index (Phi) is 3.96. The molecule has 0 spiro atoms. The van der Waals surface area contributed by atoms with Gasteiger partial charge in [-0.25, -0.2) is 0 Å². The highest BCUT2D eigenvalue weighted by Crippen LogP contribution is 2.36. The van der Waals surface area contributed by atoms with Crippen LogP contribution in [0.1, 0.15) is 16.4 Å². The van der Waals surface area contributed by atoms with Crippen molar-refractivity contribution in [2.24, 2.45) is 0 Å². The van der Waals surface area contributed by atoms with Gasteiger partial charge in [-0.3, -0.25) is 13.7 Å². The highest BCUT2D eigenvalue weighted by Gasteiger charge is 2.32. The minimum atomic E-state index is -4.88. The minimum absolute atomic E-state index is 0.109. The second-order valence-corrected chi connectivity index (χ2v) is 8.86. The lowest BCUT2D eigenvalue weighted by molar-refractivity contribution is 0.470. The molecule has 22 heavy (non-hydrogen) atoms. The van der Waals surface area contributed by atoms with Gasteiger partial charge in [0, 0.05) is 0 Å². The Bertz CT molecular complexity index is 969. The van der Waals surface area contributed by atoms with E-state index >= 15 is 0 Å². The zero-order valence-corrected chi connectivity index (χ0v) is 13.1. The summed E-state index contributed by atoms with van der Waals surface area (Å²) in [5.41, 5.74) is -0.534. The van der Waals surface area contributed by atoms with E-state index in [-0.39, 0.29) is 17.5 Å². The summed E-state index contributed by atoms with van der Waals surface area (Å²) in [5, 5.41) is -1.71. The standard InChI is InChI=1S/C10H10O9S3/c11-20(12,13)6-4-8-7(10(5-6)22(17,18)19)2-1-3-9(8)21(14,15)16/h1,3-5,9H,2H2,(H,11,12,13)(H,14,15,16)(H,17,18,19). The highest BCUT2D eigenvalue weighted by atomic mass is 32.2. The molecule has 0 bridgehead atoms. The minimum Gasteiger partial charge on any atom is -0.285 e. The van der Waals surface area contributed by atoms with Crippen LogP contribution in [-0.4, -0.2) is 38.9 Å². The summed E-state index contributed by atoms with van der Waals surface area (Å²) in [6.45, 7) is 0. The van der Waals surface area contributed by atoms with Gasteiger partial charge in [-0.05, 0) is 29.7 Å². The SMILES string of the molecule is O=S(=O)(O)c1cc2c(c(S(=O)(=O)O)c1)CC=CC2S(=O)(=O)O. The van der Waals surface area contributed by atoms with Crippen molar-refractivity contribution in [1.29, 1.82) is 0 Å². The summed E-state index contributed by atoms with van der Waals surface area (Å²) in [5.74, 6) is 0. The molecule has 0 saturated carbocycles. The fourth-order valence-corrected chi connectivity index (χ4v) is 4.41. The van der Waals surface area contributed by atoms with E-state index in [4.69, 9.17) is 4.55 Å². The molecule has 122 valence electrons. The van der Waals surface area contributed by atoms with E-state index in [0.29, 0.717) is 6.07 Å². The molecule has 0 fully saturated rings. The first-order valence-corrected chi connectivity index (χ1v) is 9.95. The van der Waals surface area contributed by atoms with Gasteiger partial charge < -0.3 is 0 Å². The topological polar surface area (TPSA) is 163 Å². The van der Waals surface area contributed by atoms with Gasteiger partial charge in [0.2, 0.25) is 0 Å². The second kappa shape index (κ2) is 5.11. The first kappa shape index (κ1) is 17.1. The first-order chi connectivity index (χ1) is 9.82. The van der Waals surface area contributed by atoms with Crippen LogP contribution in [0.2, 0.25) is 0 Å². The third kappa shape index (κ3) is 3.21. The highest BCUT2D eigenvalue weighted by molar-refractivity contribution is 7.87. The van der Waals surface area contributed by atoms with Gasteiger partial charge in [0.1, 0.15) is 5.25 Å². The van der Waals surface area contributed by atoms with Crippen LogP contribution in [0.15, 0.2) is 34.1 Å². The Morgan fingerprint density at radius 2 is 1.50 bits per heavy atom. The average molecular weight is 370 g/mol. The lowest BCUT2D eigenvalue weighted by Gasteiger charge is -2.21. The summed E-state index contributed by atoms with van der Waals surface area (Å²) in [6.07, 6.45) is 2.18. The van der Waals surface area contributed by atoms with Crippen molar-refractivity contribution >= 4 is 30.4 Å². The van der Waals surface area contributed by atoms with E-state index in [0.717, 1.165) is 12.1 Å². The van der Waals surface area contributed by atoms with E-state index in [2.05, 4.69) is 0 Å². The van der Waals surface area contributed by atoms with Crippen LogP contribution in [0.5, 0.6) is 0 Å². The summed E-state index contributed by atoms with van der Waals surface area (Å²) in [6, 6.07) is 1.25. The van der Waals surface area contributed by atoms with E-state index in [1.165, 1.54) is 6.08 Å². The van der Waals surface area contributed by atoms with E-state index in [9.17, 15) is 34.4 Å². The lowest BCUT2D eigenvalue weighted by atomic mass is 9.96. The van der Waals surface area contributed by atoms with Gasteiger partial charge >= 0.3 is 0 Å². The fraction of sp³-hybridized carbons (Fsp3) is 0.200. The molecule has 3 N–H and O–H groups in total. The van der Waals surface area contributed by atoms with Gasteiger partial charge in [0.15, 0.2) is 0 Å². The Labute approximate surface area is 126 Å². The van der Waals surface area contributed by atoms with E-state index < -0.39 is 45.4 Å². The van der Waals surface area contributed by atoms with Crippen molar-refractivity contribution in [2.45, 2.75) is 21.5 Å². The van der Waals surface area contributed by atoms with Crippen molar-refractivity contribution in [2.75, 3.05) is 0 Å². The van der Waals surface area contributed by atoms with Crippen LogP contribution in [0.4, 0.5) is 0 Å². The van der Waals surface area contributed by atoms with Crippen LogP contribution in [-0.2, 0) is 36.8 Å². The van der Waals surface area contributed by atoms with Crippen LogP contribution in [0.3, 0.4) is 0 Å². The number of rotatable bonds is 3. The number of hydrogen-bond donors (Lipinski definition) is 3. The molecule has 0 aromatic heterocycles. The van der Waals surface area contributed by atoms with Crippen LogP contribution >= 0.6 is 0 Å². The summed E-state index contributed by atoms with van der Waals surface area (Å²) in [7, 11) is -14.4.